The molecule has 0 aromatic heterocycles. The standard InChI is InChI=1S/C17H25NO6S/c1-4-17(5-2,12-15(19)20)18-16(21)13-6-8-14(9-7-13)25(22,23)11-10-24-3/h6-9H,4-5,10-12H2,1-3H3,(H,18,21)(H,19,20). The molecule has 0 saturated heterocycles. The Kier molecular flexibility index (Phi) is 7.57. The van der Waals surface area contributed by atoms with E-state index in [2.05, 4.69) is 5.32 Å². The van der Waals surface area contributed by atoms with Gasteiger partial charge in [0.1, 0.15) is 0 Å². The van der Waals surface area contributed by atoms with Gasteiger partial charge in [0.15, 0.2) is 9.84 Å². The third-order valence-corrected chi connectivity index (χ3v) is 5.95. The van der Waals surface area contributed by atoms with Crippen molar-refractivity contribution in [2.24, 2.45) is 0 Å². The predicted octanol–water partition coefficient (Wildman–Crippen LogP) is 1.87. The summed E-state index contributed by atoms with van der Waals surface area (Å²) in [5, 5.41) is 11.8. The molecule has 7 nitrogen and oxygen atoms in total. The van der Waals surface area contributed by atoms with E-state index in [9.17, 15) is 18.0 Å². The van der Waals surface area contributed by atoms with Gasteiger partial charge in [-0.25, -0.2) is 8.42 Å². The number of ether oxygens (including phenoxy) is 1. The topological polar surface area (TPSA) is 110 Å². The molecule has 0 fully saturated rings. The van der Waals surface area contributed by atoms with E-state index >= 15 is 0 Å². The van der Waals surface area contributed by atoms with E-state index in [4.69, 9.17) is 9.84 Å². The van der Waals surface area contributed by atoms with Crippen LogP contribution in [0, 0.1) is 0 Å². The number of methoxy groups -OCH3 is 1. The maximum absolute atomic E-state index is 12.4. The third kappa shape index (κ3) is 5.82. The molecule has 0 heterocycles. The Bertz CT molecular complexity index is 692. The highest BCUT2D eigenvalue weighted by Gasteiger charge is 2.31. The summed E-state index contributed by atoms with van der Waals surface area (Å²) >= 11 is 0. The first-order valence-corrected chi connectivity index (χ1v) is 9.71. The smallest absolute Gasteiger partial charge is 0.305 e. The van der Waals surface area contributed by atoms with Gasteiger partial charge >= 0.3 is 5.97 Å². The summed E-state index contributed by atoms with van der Waals surface area (Å²) in [6, 6.07) is 5.59. The summed E-state index contributed by atoms with van der Waals surface area (Å²) in [4.78, 5) is 23.6. The van der Waals surface area contributed by atoms with Crippen LogP contribution >= 0.6 is 0 Å². The Morgan fingerprint density at radius 3 is 2.16 bits per heavy atom. The van der Waals surface area contributed by atoms with Crippen molar-refractivity contribution >= 4 is 21.7 Å². The summed E-state index contributed by atoms with van der Waals surface area (Å²) in [6.07, 6.45) is 0.783. The van der Waals surface area contributed by atoms with Crippen LogP contribution in [0.2, 0.25) is 0 Å². The van der Waals surface area contributed by atoms with Gasteiger partial charge in [-0.3, -0.25) is 9.59 Å². The van der Waals surface area contributed by atoms with Gasteiger partial charge in [-0.05, 0) is 37.1 Å². The van der Waals surface area contributed by atoms with E-state index in [0.717, 1.165) is 0 Å². The normalized spacial score (nSPS) is 12.0. The predicted molar refractivity (Wildman–Crippen MR) is 93.4 cm³/mol. The minimum absolute atomic E-state index is 0.0925. The highest BCUT2D eigenvalue weighted by atomic mass is 32.2. The SMILES string of the molecule is CCC(CC)(CC(=O)O)NC(=O)c1ccc(S(=O)(=O)CCOC)cc1. The first-order chi connectivity index (χ1) is 11.7. The van der Waals surface area contributed by atoms with Crippen LogP contribution < -0.4 is 5.32 Å². The van der Waals surface area contributed by atoms with Gasteiger partial charge in [-0.1, -0.05) is 13.8 Å². The van der Waals surface area contributed by atoms with E-state index < -0.39 is 27.3 Å². The zero-order chi connectivity index (χ0) is 19.1. The monoisotopic (exact) mass is 371 g/mol. The molecule has 0 radical (unpaired) electrons. The Labute approximate surface area is 148 Å². The van der Waals surface area contributed by atoms with E-state index in [1.807, 2.05) is 13.8 Å². The molecular weight excluding hydrogens is 346 g/mol. The lowest BCUT2D eigenvalue weighted by atomic mass is 9.88. The Morgan fingerprint density at radius 2 is 1.72 bits per heavy atom. The number of benzene rings is 1. The van der Waals surface area contributed by atoms with Gasteiger partial charge in [0.05, 0.1) is 29.2 Å². The molecule has 1 aromatic rings. The molecule has 2 N–H and O–H groups in total. The van der Waals surface area contributed by atoms with Gasteiger partial charge in [-0.15, -0.1) is 0 Å². The van der Waals surface area contributed by atoms with Crippen LogP contribution in [-0.2, 0) is 19.4 Å². The van der Waals surface area contributed by atoms with Crippen LogP contribution in [0.25, 0.3) is 0 Å². The summed E-state index contributed by atoms with van der Waals surface area (Å²) in [7, 11) is -2.04. The lowest BCUT2D eigenvalue weighted by Crippen LogP contribution is -2.49. The maximum atomic E-state index is 12.4. The first kappa shape index (κ1) is 21.1. The van der Waals surface area contributed by atoms with Crippen molar-refractivity contribution in [3.63, 3.8) is 0 Å². The van der Waals surface area contributed by atoms with Gasteiger partial charge in [-0.2, -0.15) is 0 Å². The van der Waals surface area contributed by atoms with E-state index in [-0.39, 0.29) is 29.2 Å². The number of hydrogen-bond acceptors (Lipinski definition) is 5. The second-order valence-electron chi connectivity index (χ2n) is 5.85. The minimum atomic E-state index is -3.46. The van der Waals surface area contributed by atoms with Crippen LogP contribution in [0.5, 0.6) is 0 Å². The number of carbonyl (C=O) groups excluding carboxylic acids is 1. The van der Waals surface area contributed by atoms with Crippen LogP contribution in [-0.4, -0.2) is 50.4 Å². The number of nitrogens with one attached hydrogen (secondary N) is 1. The van der Waals surface area contributed by atoms with E-state index in [1.165, 1.54) is 31.4 Å². The summed E-state index contributed by atoms with van der Waals surface area (Å²) in [6.45, 7) is 3.73. The fourth-order valence-corrected chi connectivity index (χ4v) is 3.62. The van der Waals surface area contributed by atoms with Crippen LogP contribution in [0.1, 0.15) is 43.5 Å². The van der Waals surface area contributed by atoms with Crippen LogP contribution in [0.4, 0.5) is 0 Å². The maximum Gasteiger partial charge on any atom is 0.305 e. The molecule has 8 heteroatoms. The number of sulfone groups is 1. The Morgan fingerprint density at radius 1 is 1.16 bits per heavy atom. The molecule has 0 bridgehead atoms. The number of amides is 1. The number of carbonyl (C=O) groups is 2. The lowest BCUT2D eigenvalue weighted by Gasteiger charge is -2.31. The van der Waals surface area contributed by atoms with Crippen molar-refractivity contribution < 1.29 is 27.9 Å². The van der Waals surface area contributed by atoms with Crippen molar-refractivity contribution in [3.05, 3.63) is 29.8 Å². The van der Waals surface area contributed by atoms with Crippen molar-refractivity contribution in [2.75, 3.05) is 19.5 Å². The zero-order valence-electron chi connectivity index (χ0n) is 14.7. The fourth-order valence-electron chi connectivity index (χ4n) is 2.45. The molecule has 0 aliphatic rings. The third-order valence-electron chi connectivity index (χ3n) is 4.25. The van der Waals surface area contributed by atoms with Gasteiger partial charge in [0, 0.05) is 12.7 Å². The first-order valence-electron chi connectivity index (χ1n) is 8.05. The average Bonchev–Trinajstić information content (AvgIpc) is 2.59. The van der Waals surface area contributed by atoms with Crippen LogP contribution in [0.15, 0.2) is 29.2 Å². The second-order valence-corrected chi connectivity index (χ2v) is 7.96. The Hall–Kier alpha value is -1.93. The van der Waals surface area contributed by atoms with E-state index in [0.29, 0.717) is 12.8 Å². The average molecular weight is 371 g/mol. The molecule has 0 unspecified atom stereocenters. The highest BCUT2D eigenvalue weighted by molar-refractivity contribution is 7.91. The molecule has 1 aromatic carbocycles. The fraction of sp³-hybridized carbons (Fsp3) is 0.529. The number of carboxylic acids is 1. The molecular formula is C17H25NO6S. The molecule has 0 aliphatic heterocycles. The molecule has 0 aliphatic carbocycles. The largest absolute Gasteiger partial charge is 0.481 e. The molecule has 0 saturated carbocycles. The zero-order valence-corrected chi connectivity index (χ0v) is 15.6. The minimum Gasteiger partial charge on any atom is -0.481 e. The summed E-state index contributed by atoms with van der Waals surface area (Å²) in [5.41, 5.74) is -0.547. The van der Waals surface area contributed by atoms with Gasteiger partial charge < -0.3 is 15.2 Å². The molecule has 0 spiro atoms. The van der Waals surface area contributed by atoms with Crippen molar-refractivity contribution in [1.82, 2.24) is 5.32 Å². The molecule has 1 amide bonds. The molecule has 0 atom stereocenters. The number of rotatable bonds is 10. The highest BCUT2D eigenvalue weighted by Crippen LogP contribution is 2.21. The van der Waals surface area contributed by atoms with Crippen molar-refractivity contribution in [3.8, 4) is 0 Å². The van der Waals surface area contributed by atoms with Gasteiger partial charge in [0.25, 0.3) is 5.91 Å². The quantitative estimate of drug-likeness (QED) is 0.650. The molecule has 25 heavy (non-hydrogen) atoms. The van der Waals surface area contributed by atoms with E-state index in [1.54, 1.807) is 0 Å². The molecule has 140 valence electrons. The number of carboxylic acid groups (broad SMARTS) is 1. The summed E-state index contributed by atoms with van der Waals surface area (Å²) < 4.78 is 28.9. The molecule has 1 rings (SSSR count). The number of hydrogen-bond donors (Lipinski definition) is 2. The summed E-state index contributed by atoms with van der Waals surface area (Å²) in [5.74, 6) is -1.54. The second kappa shape index (κ2) is 8.96. The lowest BCUT2D eigenvalue weighted by molar-refractivity contribution is -0.138. The number of aliphatic carboxylic acids is 1. The van der Waals surface area contributed by atoms with Gasteiger partial charge in [0.2, 0.25) is 0 Å². The Balaban J connectivity index is 2.94. The van der Waals surface area contributed by atoms with Crippen molar-refractivity contribution in [2.45, 2.75) is 43.5 Å². The van der Waals surface area contributed by atoms with Crippen LogP contribution in [0.3, 0.4) is 0 Å². The van der Waals surface area contributed by atoms with Crippen molar-refractivity contribution in [1.29, 1.82) is 0 Å².